The first-order valence-corrected chi connectivity index (χ1v) is 10.7. The SMILES string of the molecule is COc1ccc([C@H](NC(=O)CSc2nnc(C)n2C2CC2)c2ccccc2)cc1. The number of carbonyl (C=O) groups excluding carboxylic acids is 1. The average molecular weight is 409 g/mol. The van der Waals surface area contributed by atoms with Gasteiger partial charge in [-0.1, -0.05) is 54.2 Å². The Hall–Kier alpha value is -2.80. The highest BCUT2D eigenvalue weighted by Crippen LogP contribution is 2.38. The lowest BCUT2D eigenvalue weighted by atomic mass is 9.98. The number of ether oxygens (including phenoxy) is 1. The van der Waals surface area contributed by atoms with Crippen LogP contribution in [0.2, 0.25) is 0 Å². The van der Waals surface area contributed by atoms with E-state index in [1.54, 1.807) is 7.11 Å². The van der Waals surface area contributed by atoms with Crippen molar-refractivity contribution in [3.8, 4) is 5.75 Å². The number of hydrogen-bond donors (Lipinski definition) is 1. The Morgan fingerprint density at radius 2 is 1.83 bits per heavy atom. The third-order valence-corrected chi connectivity index (χ3v) is 5.91. The fourth-order valence-electron chi connectivity index (χ4n) is 3.34. The summed E-state index contributed by atoms with van der Waals surface area (Å²) in [5.74, 6) is 1.96. The van der Waals surface area contributed by atoms with Gasteiger partial charge in [-0.3, -0.25) is 4.79 Å². The molecular formula is C22H24N4O2S. The molecule has 1 amide bonds. The Labute approximate surface area is 174 Å². The predicted octanol–water partition coefficient (Wildman–Crippen LogP) is 3.93. The minimum Gasteiger partial charge on any atom is -0.497 e. The monoisotopic (exact) mass is 408 g/mol. The van der Waals surface area contributed by atoms with Crippen LogP contribution in [0.5, 0.6) is 5.75 Å². The van der Waals surface area contributed by atoms with Gasteiger partial charge in [-0.05, 0) is 43.0 Å². The van der Waals surface area contributed by atoms with Crippen molar-refractivity contribution >= 4 is 17.7 Å². The zero-order chi connectivity index (χ0) is 20.2. The summed E-state index contributed by atoms with van der Waals surface area (Å²) in [5.41, 5.74) is 2.04. The first-order valence-electron chi connectivity index (χ1n) is 9.68. The summed E-state index contributed by atoms with van der Waals surface area (Å²) >= 11 is 1.44. The van der Waals surface area contributed by atoms with E-state index < -0.39 is 0 Å². The second-order valence-corrected chi connectivity index (χ2v) is 8.05. The molecule has 1 fully saturated rings. The highest BCUT2D eigenvalue weighted by molar-refractivity contribution is 7.99. The summed E-state index contributed by atoms with van der Waals surface area (Å²) in [6, 6.07) is 18.0. The van der Waals surface area contributed by atoms with Gasteiger partial charge in [-0.2, -0.15) is 0 Å². The van der Waals surface area contributed by atoms with E-state index in [0.29, 0.717) is 11.8 Å². The summed E-state index contributed by atoms with van der Waals surface area (Å²) < 4.78 is 7.40. The number of benzene rings is 2. The maximum atomic E-state index is 12.8. The lowest BCUT2D eigenvalue weighted by Crippen LogP contribution is -2.30. The first kappa shape index (κ1) is 19.5. The molecule has 3 aromatic rings. The number of thioether (sulfide) groups is 1. The normalized spacial score (nSPS) is 14.4. The van der Waals surface area contributed by atoms with Crippen molar-refractivity contribution in [2.75, 3.05) is 12.9 Å². The lowest BCUT2D eigenvalue weighted by molar-refractivity contribution is -0.119. The van der Waals surface area contributed by atoms with Crippen molar-refractivity contribution in [2.45, 2.75) is 37.0 Å². The largest absolute Gasteiger partial charge is 0.497 e. The highest BCUT2D eigenvalue weighted by atomic mass is 32.2. The molecule has 1 N–H and O–H groups in total. The zero-order valence-electron chi connectivity index (χ0n) is 16.5. The minimum absolute atomic E-state index is 0.0392. The Balaban J connectivity index is 1.47. The van der Waals surface area contributed by atoms with Crippen molar-refractivity contribution in [1.29, 1.82) is 0 Å². The van der Waals surface area contributed by atoms with Crippen LogP contribution in [0.15, 0.2) is 59.8 Å². The molecule has 1 aromatic heterocycles. The van der Waals surface area contributed by atoms with Crippen LogP contribution in [0, 0.1) is 6.92 Å². The number of aromatic nitrogens is 3. The molecule has 7 heteroatoms. The van der Waals surface area contributed by atoms with Crippen LogP contribution >= 0.6 is 11.8 Å². The molecule has 29 heavy (non-hydrogen) atoms. The Morgan fingerprint density at radius 3 is 2.48 bits per heavy atom. The van der Waals surface area contributed by atoms with E-state index in [9.17, 15) is 4.79 Å². The Morgan fingerprint density at radius 1 is 1.14 bits per heavy atom. The van der Waals surface area contributed by atoms with Gasteiger partial charge in [-0.25, -0.2) is 0 Å². The summed E-state index contributed by atoms with van der Waals surface area (Å²) in [5, 5.41) is 12.4. The molecule has 0 radical (unpaired) electrons. The summed E-state index contributed by atoms with van der Waals surface area (Å²) in [4.78, 5) is 12.8. The molecule has 1 aliphatic rings. The van der Waals surface area contributed by atoms with Gasteiger partial charge in [0.05, 0.1) is 18.9 Å². The van der Waals surface area contributed by atoms with E-state index in [-0.39, 0.29) is 11.9 Å². The van der Waals surface area contributed by atoms with Crippen LogP contribution in [-0.4, -0.2) is 33.5 Å². The summed E-state index contributed by atoms with van der Waals surface area (Å²) in [6.07, 6.45) is 2.32. The van der Waals surface area contributed by atoms with Crippen LogP contribution in [0.25, 0.3) is 0 Å². The average Bonchev–Trinajstić information content (AvgIpc) is 3.53. The molecule has 1 atom stereocenters. The van der Waals surface area contributed by atoms with Gasteiger partial charge < -0.3 is 14.6 Å². The zero-order valence-corrected chi connectivity index (χ0v) is 17.4. The van der Waals surface area contributed by atoms with Gasteiger partial charge in [0.25, 0.3) is 0 Å². The second kappa shape index (κ2) is 8.69. The molecule has 1 saturated carbocycles. The van der Waals surface area contributed by atoms with E-state index in [1.165, 1.54) is 11.8 Å². The van der Waals surface area contributed by atoms with Gasteiger partial charge in [0.2, 0.25) is 5.91 Å². The topological polar surface area (TPSA) is 69.0 Å². The van der Waals surface area contributed by atoms with E-state index in [0.717, 1.165) is 40.7 Å². The first-order chi connectivity index (χ1) is 14.2. The maximum Gasteiger partial charge on any atom is 0.231 e. The molecular weight excluding hydrogens is 384 g/mol. The molecule has 150 valence electrons. The maximum absolute atomic E-state index is 12.8. The highest BCUT2D eigenvalue weighted by Gasteiger charge is 2.28. The summed E-state index contributed by atoms with van der Waals surface area (Å²) in [6.45, 7) is 1.96. The number of carbonyl (C=O) groups is 1. The Bertz CT molecular complexity index is 968. The summed E-state index contributed by atoms with van der Waals surface area (Å²) in [7, 11) is 1.64. The van der Waals surface area contributed by atoms with Crippen LogP contribution in [0.1, 0.15) is 41.9 Å². The molecule has 0 saturated heterocycles. The van der Waals surface area contributed by atoms with Crippen LogP contribution < -0.4 is 10.1 Å². The molecule has 0 bridgehead atoms. The van der Waals surface area contributed by atoms with Crippen molar-refractivity contribution in [3.63, 3.8) is 0 Å². The minimum atomic E-state index is -0.224. The van der Waals surface area contributed by atoms with Crippen molar-refractivity contribution in [1.82, 2.24) is 20.1 Å². The molecule has 0 aliphatic heterocycles. The molecule has 0 spiro atoms. The predicted molar refractivity (Wildman–Crippen MR) is 113 cm³/mol. The van der Waals surface area contributed by atoms with Crippen molar-refractivity contribution < 1.29 is 9.53 Å². The number of nitrogens with one attached hydrogen (secondary N) is 1. The van der Waals surface area contributed by atoms with E-state index in [2.05, 4.69) is 20.1 Å². The number of methoxy groups -OCH3 is 1. The van der Waals surface area contributed by atoms with E-state index in [4.69, 9.17) is 4.74 Å². The fourth-order valence-corrected chi connectivity index (χ4v) is 4.20. The number of rotatable bonds is 8. The molecule has 1 aliphatic carbocycles. The second-order valence-electron chi connectivity index (χ2n) is 7.10. The third-order valence-electron chi connectivity index (χ3n) is 4.97. The molecule has 2 aromatic carbocycles. The van der Waals surface area contributed by atoms with Gasteiger partial charge in [0, 0.05) is 6.04 Å². The van der Waals surface area contributed by atoms with Gasteiger partial charge >= 0.3 is 0 Å². The number of nitrogens with zero attached hydrogens (tertiary/aromatic N) is 3. The van der Waals surface area contributed by atoms with Crippen molar-refractivity contribution in [2.24, 2.45) is 0 Å². The van der Waals surface area contributed by atoms with Gasteiger partial charge in [0.15, 0.2) is 5.16 Å². The molecule has 0 unspecified atom stereocenters. The number of hydrogen-bond acceptors (Lipinski definition) is 5. The standard InChI is InChI=1S/C22H24N4O2S/c1-15-24-25-22(26(15)18-10-11-18)29-14-20(27)23-21(16-6-4-3-5-7-16)17-8-12-19(28-2)13-9-17/h3-9,12-13,18,21H,10-11,14H2,1-2H3,(H,23,27)/t21-/m1/s1. The van der Waals surface area contributed by atoms with Crippen molar-refractivity contribution in [3.05, 3.63) is 71.5 Å². The Kier molecular flexibility index (Phi) is 5.85. The fraction of sp³-hybridized carbons (Fsp3) is 0.318. The quantitative estimate of drug-likeness (QED) is 0.572. The lowest BCUT2D eigenvalue weighted by Gasteiger charge is -2.20. The molecule has 4 rings (SSSR count). The van der Waals surface area contributed by atoms with Gasteiger partial charge in [-0.15, -0.1) is 10.2 Å². The van der Waals surface area contributed by atoms with E-state index >= 15 is 0 Å². The molecule has 6 nitrogen and oxygen atoms in total. The van der Waals surface area contributed by atoms with Crippen LogP contribution in [0.4, 0.5) is 0 Å². The third kappa shape index (κ3) is 4.62. The number of aryl methyl sites for hydroxylation is 1. The van der Waals surface area contributed by atoms with E-state index in [1.807, 2.05) is 61.5 Å². The molecule has 1 heterocycles. The smallest absolute Gasteiger partial charge is 0.231 e. The van der Waals surface area contributed by atoms with Crippen LogP contribution in [-0.2, 0) is 4.79 Å². The number of amides is 1. The van der Waals surface area contributed by atoms with Crippen LogP contribution in [0.3, 0.4) is 0 Å². The van der Waals surface area contributed by atoms with Gasteiger partial charge in [0.1, 0.15) is 11.6 Å².